The van der Waals surface area contributed by atoms with Crippen molar-refractivity contribution in [2.45, 2.75) is 6.42 Å². The Morgan fingerprint density at radius 1 is 1.32 bits per heavy atom. The second-order valence-corrected chi connectivity index (χ2v) is 5.92. The van der Waals surface area contributed by atoms with Crippen LogP contribution in [0.1, 0.15) is 10.6 Å². The van der Waals surface area contributed by atoms with E-state index in [0.29, 0.717) is 12.2 Å². The Hall–Kier alpha value is -2.67. The molecule has 0 amide bonds. The second kappa shape index (κ2) is 5.61. The summed E-state index contributed by atoms with van der Waals surface area (Å²) in [6.45, 7) is 0. The highest BCUT2D eigenvalue weighted by Gasteiger charge is 2.17. The highest BCUT2D eigenvalue weighted by Crippen LogP contribution is 2.32. The van der Waals surface area contributed by atoms with Gasteiger partial charge in [0.1, 0.15) is 5.82 Å². The van der Waals surface area contributed by atoms with Crippen molar-refractivity contribution in [1.29, 1.82) is 0 Å². The number of nitro groups is 1. The van der Waals surface area contributed by atoms with E-state index in [1.807, 2.05) is 11.4 Å². The van der Waals surface area contributed by atoms with E-state index in [0.717, 1.165) is 16.8 Å². The molecule has 0 spiro atoms. The van der Waals surface area contributed by atoms with Crippen LogP contribution in [-0.2, 0) is 13.5 Å². The van der Waals surface area contributed by atoms with Gasteiger partial charge in [0.2, 0.25) is 0 Å². The van der Waals surface area contributed by atoms with Crippen LogP contribution in [0.5, 0.6) is 0 Å². The summed E-state index contributed by atoms with van der Waals surface area (Å²) in [5.41, 5.74) is 8.74. The highest BCUT2D eigenvalue weighted by molar-refractivity contribution is 7.09. The molecule has 0 aliphatic heterocycles. The van der Waals surface area contributed by atoms with E-state index < -0.39 is 4.92 Å². The molecule has 0 saturated heterocycles. The first kappa shape index (κ1) is 14.3. The summed E-state index contributed by atoms with van der Waals surface area (Å²) in [7, 11) is 1.79. The molecule has 2 heterocycles. The van der Waals surface area contributed by atoms with E-state index in [2.05, 4.69) is 11.2 Å². The third-order valence-corrected chi connectivity index (χ3v) is 4.33. The van der Waals surface area contributed by atoms with Crippen molar-refractivity contribution in [3.05, 3.63) is 62.5 Å². The van der Waals surface area contributed by atoms with Gasteiger partial charge in [-0.1, -0.05) is 6.07 Å². The van der Waals surface area contributed by atoms with Crippen LogP contribution in [0.25, 0.3) is 11.1 Å². The van der Waals surface area contributed by atoms with Crippen molar-refractivity contribution >= 4 is 22.8 Å². The standard InChI is InChI=1S/C15H14N4O2S/c1-18-15(16)14(10-4-6-11(7-5-10)19(20)21)13(17-18)9-12-3-2-8-22-12/h2-8H,9,16H2,1H3. The quantitative estimate of drug-likeness (QED) is 0.591. The normalized spacial score (nSPS) is 10.8. The smallest absolute Gasteiger partial charge is 0.269 e. The maximum Gasteiger partial charge on any atom is 0.269 e. The largest absolute Gasteiger partial charge is 0.383 e. The van der Waals surface area contributed by atoms with E-state index in [4.69, 9.17) is 5.73 Å². The zero-order valence-electron chi connectivity index (χ0n) is 11.9. The van der Waals surface area contributed by atoms with Gasteiger partial charge in [0.05, 0.1) is 10.6 Å². The first-order valence-corrected chi connectivity index (χ1v) is 7.53. The van der Waals surface area contributed by atoms with Gasteiger partial charge in [-0.3, -0.25) is 14.8 Å². The van der Waals surface area contributed by atoms with E-state index in [-0.39, 0.29) is 5.69 Å². The molecule has 0 aliphatic carbocycles. The van der Waals surface area contributed by atoms with Crippen molar-refractivity contribution in [2.75, 3.05) is 5.73 Å². The summed E-state index contributed by atoms with van der Waals surface area (Å²) >= 11 is 1.66. The summed E-state index contributed by atoms with van der Waals surface area (Å²) in [6.07, 6.45) is 0.690. The van der Waals surface area contributed by atoms with Gasteiger partial charge in [0.15, 0.2) is 0 Å². The molecule has 7 heteroatoms. The zero-order valence-corrected chi connectivity index (χ0v) is 12.7. The molecule has 22 heavy (non-hydrogen) atoms. The van der Waals surface area contributed by atoms with Crippen LogP contribution in [0.2, 0.25) is 0 Å². The fourth-order valence-electron chi connectivity index (χ4n) is 2.36. The van der Waals surface area contributed by atoms with E-state index in [1.165, 1.54) is 17.0 Å². The Bertz CT molecular complexity index is 807. The molecule has 0 atom stereocenters. The third kappa shape index (κ3) is 2.58. The number of hydrogen-bond acceptors (Lipinski definition) is 5. The van der Waals surface area contributed by atoms with Crippen LogP contribution >= 0.6 is 11.3 Å². The Labute approximate surface area is 131 Å². The lowest BCUT2D eigenvalue weighted by Crippen LogP contribution is -1.98. The number of nitrogen functional groups attached to an aromatic ring is 1. The maximum atomic E-state index is 10.8. The van der Waals surface area contributed by atoms with Crippen molar-refractivity contribution < 1.29 is 4.92 Å². The number of non-ortho nitro benzene ring substituents is 1. The van der Waals surface area contributed by atoms with Crippen LogP contribution in [0.15, 0.2) is 41.8 Å². The lowest BCUT2D eigenvalue weighted by Gasteiger charge is -2.03. The fraction of sp³-hybridized carbons (Fsp3) is 0.133. The molecule has 2 aromatic heterocycles. The van der Waals surface area contributed by atoms with Crippen molar-refractivity contribution in [2.24, 2.45) is 7.05 Å². The summed E-state index contributed by atoms with van der Waals surface area (Å²) in [4.78, 5) is 11.5. The number of aryl methyl sites for hydroxylation is 1. The van der Waals surface area contributed by atoms with Crippen LogP contribution < -0.4 is 5.73 Å². The van der Waals surface area contributed by atoms with Gasteiger partial charge in [0.25, 0.3) is 5.69 Å². The maximum absolute atomic E-state index is 10.8. The molecule has 3 aromatic rings. The van der Waals surface area contributed by atoms with Gasteiger partial charge in [0, 0.05) is 36.0 Å². The molecule has 3 rings (SSSR count). The number of rotatable bonds is 4. The van der Waals surface area contributed by atoms with Crippen molar-refractivity contribution in [1.82, 2.24) is 9.78 Å². The van der Waals surface area contributed by atoms with Crippen LogP contribution in [0.3, 0.4) is 0 Å². The molecule has 6 nitrogen and oxygen atoms in total. The molecule has 0 aliphatic rings. The van der Waals surface area contributed by atoms with Crippen LogP contribution in [0, 0.1) is 10.1 Å². The lowest BCUT2D eigenvalue weighted by atomic mass is 10.0. The molecule has 2 N–H and O–H groups in total. The zero-order chi connectivity index (χ0) is 15.7. The molecule has 0 unspecified atom stereocenters. The van der Waals surface area contributed by atoms with Crippen LogP contribution in [-0.4, -0.2) is 14.7 Å². The molecule has 0 bridgehead atoms. The summed E-state index contributed by atoms with van der Waals surface area (Å²) in [6, 6.07) is 10.4. The van der Waals surface area contributed by atoms with E-state index in [9.17, 15) is 10.1 Å². The molecule has 0 fully saturated rings. The van der Waals surface area contributed by atoms with Gasteiger partial charge in [-0.05, 0) is 29.1 Å². The minimum Gasteiger partial charge on any atom is -0.383 e. The summed E-state index contributed by atoms with van der Waals surface area (Å²) in [5.74, 6) is 0.556. The van der Waals surface area contributed by atoms with Gasteiger partial charge < -0.3 is 5.73 Å². The van der Waals surface area contributed by atoms with E-state index in [1.54, 1.807) is 35.2 Å². The average Bonchev–Trinajstić information content (AvgIpc) is 3.09. The number of nitrogens with two attached hydrogens (primary N) is 1. The second-order valence-electron chi connectivity index (χ2n) is 4.89. The first-order chi connectivity index (χ1) is 10.6. The van der Waals surface area contributed by atoms with E-state index >= 15 is 0 Å². The topological polar surface area (TPSA) is 87.0 Å². The molecular formula is C15H14N4O2S. The molecule has 0 saturated carbocycles. The Kier molecular flexibility index (Phi) is 3.64. The van der Waals surface area contributed by atoms with Crippen molar-refractivity contribution in [3.63, 3.8) is 0 Å². The Balaban J connectivity index is 2.03. The predicted octanol–water partition coefficient (Wildman–Crippen LogP) is 3.23. The number of aromatic nitrogens is 2. The van der Waals surface area contributed by atoms with Crippen molar-refractivity contribution in [3.8, 4) is 11.1 Å². The minimum atomic E-state index is -0.414. The summed E-state index contributed by atoms with van der Waals surface area (Å²) in [5, 5.41) is 17.3. The molecule has 1 aromatic carbocycles. The monoisotopic (exact) mass is 314 g/mol. The average molecular weight is 314 g/mol. The van der Waals surface area contributed by atoms with Gasteiger partial charge in [-0.2, -0.15) is 5.10 Å². The SMILES string of the molecule is Cn1nc(Cc2cccs2)c(-c2ccc([N+](=O)[O-])cc2)c1N. The van der Waals surface area contributed by atoms with Crippen LogP contribution in [0.4, 0.5) is 11.5 Å². The number of benzene rings is 1. The fourth-order valence-corrected chi connectivity index (χ4v) is 3.07. The molecule has 112 valence electrons. The number of hydrogen-bond donors (Lipinski definition) is 1. The molecular weight excluding hydrogens is 300 g/mol. The Morgan fingerprint density at radius 2 is 2.05 bits per heavy atom. The van der Waals surface area contributed by atoms with Gasteiger partial charge >= 0.3 is 0 Å². The van der Waals surface area contributed by atoms with Gasteiger partial charge in [-0.25, -0.2) is 0 Å². The lowest BCUT2D eigenvalue weighted by molar-refractivity contribution is -0.384. The molecule has 0 radical (unpaired) electrons. The summed E-state index contributed by atoms with van der Waals surface area (Å²) < 4.78 is 1.64. The number of nitrogens with zero attached hydrogens (tertiary/aromatic N) is 3. The third-order valence-electron chi connectivity index (χ3n) is 3.45. The minimum absolute atomic E-state index is 0.0611. The Morgan fingerprint density at radius 3 is 2.64 bits per heavy atom. The van der Waals surface area contributed by atoms with Gasteiger partial charge in [-0.15, -0.1) is 11.3 Å². The predicted molar refractivity (Wildman–Crippen MR) is 86.8 cm³/mol. The highest BCUT2D eigenvalue weighted by atomic mass is 32.1. The number of thiophene rings is 1. The first-order valence-electron chi connectivity index (χ1n) is 6.65. The number of anilines is 1. The number of nitro benzene ring substituents is 1.